The number of imidazole rings is 1. The van der Waals surface area contributed by atoms with Gasteiger partial charge in [0.2, 0.25) is 5.82 Å². The molecule has 1 atom stereocenters. The van der Waals surface area contributed by atoms with Crippen LogP contribution in [0.4, 0.5) is 13.2 Å². The first-order valence-electron chi connectivity index (χ1n) is 7.25. The second-order valence-corrected chi connectivity index (χ2v) is 5.71. The number of benzene rings is 1. The highest BCUT2D eigenvalue weighted by Gasteiger charge is 2.38. The van der Waals surface area contributed by atoms with Gasteiger partial charge in [0.05, 0.1) is 11.0 Å². The SMILES string of the molecule is CC(C)n1c(C(F)(F)F)nc2cc(C(=O)N[C@@H](C)CN)ccc21.Cl.Cl. The predicted octanol–water partition coefficient (Wildman–Crippen LogP) is 3.56. The Balaban J connectivity index is 0.00000288. The molecule has 5 nitrogen and oxygen atoms in total. The highest BCUT2D eigenvalue weighted by atomic mass is 35.5. The number of aromatic nitrogens is 2. The van der Waals surface area contributed by atoms with E-state index in [0.29, 0.717) is 5.52 Å². The van der Waals surface area contributed by atoms with Crippen molar-refractivity contribution < 1.29 is 18.0 Å². The van der Waals surface area contributed by atoms with E-state index < -0.39 is 23.9 Å². The van der Waals surface area contributed by atoms with Gasteiger partial charge in [-0.2, -0.15) is 13.2 Å². The molecule has 0 radical (unpaired) electrons. The number of hydrogen-bond donors (Lipinski definition) is 2. The average Bonchev–Trinajstić information content (AvgIpc) is 2.85. The minimum absolute atomic E-state index is 0. The third-order valence-electron chi connectivity index (χ3n) is 3.45. The molecule has 2 aromatic rings. The van der Waals surface area contributed by atoms with E-state index in [4.69, 9.17) is 5.73 Å². The smallest absolute Gasteiger partial charge is 0.348 e. The van der Waals surface area contributed by atoms with Crippen molar-refractivity contribution in [2.75, 3.05) is 6.54 Å². The number of halogens is 5. The lowest BCUT2D eigenvalue weighted by atomic mass is 10.1. The van der Waals surface area contributed by atoms with E-state index in [9.17, 15) is 18.0 Å². The van der Waals surface area contributed by atoms with Gasteiger partial charge < -0.3 is 15.6 Å². The summed E-state index contributed by atoms with van der Waals surface area (Å²) in [5.74, 6) is -1.35. The Kier molecular flexibility index (Phi) is 8.20. The Labute approximate surface area is 156 Å². The van der Waals surface area contributed by atoms with Gasteiger partial charge in [-0.1, -0.05) is 0 Å². The Bertz CT molecular complexity index is 731. The summed E-state index contributed by atoms with van der Waals surface area (Å²) in [5.41, 5.74) is 6.17. The summed E-state index contributed by atoms with van der Waals surface area (Å²) >= 11 is 0. The normalized spacial score (nSPS) is 12.5. The number of carbonyl (C=O) groups is 1. The number of rotatable bonds is 4. The van der Waals surface area contributed by atoms with E-state index >= 15 is 0 Å². The highest BCUT2D eigenvalue weighted by Crippen LogP contribution is 2.33. The lowest BCUT2D eigenvalue weighted by Gasteiger charge is -2.14. The molecule has 1 aromatic heterocycles. The number of fused-ring (bicyclic) bond motifs is 1. The van der Waals surface area contributed by atoms with Crippen LogP contribution in [-0.4, -0.2) is 28.0 Å². The maximum Gasteiger partial charge on any atom is 0.449 e. The number of hydrogen-bond acceptors (Lipinski definition) is 3. The first-order valence-corrected chi connectivity index (χ1v) is 7.25. The van der Waals surface area contributed by atoms with Crippen molar-refractivity contribution in [1.29, 1.82) is 0 Å². The van der Waals surface area contributed by atoms with Gasteiger partial charge in [0.1, 0.15) is 0 Å². The van der Waals surface area contributed by atoms with Crippen LogP contribution in [0.5, 0.6) is 0 Å². The largest absolute Gasteiger partial charge is 0.449 e. The zero-order valence-electron chi connectivity index (χ0n) is 13.9. The van der Waals surface area contributed by atoms with Crippen molar-refractivity contribution >= 4 is 41.8 Å². The molecule has 0 saturated carbocycles. The predicted molar refractivity (Wildman–Crippen MR) is 95.6 cm³/mol. The fraction of sp³-hybridized carbons (Fsp3) is 0.467. The number of amides is 1. The van der Waals surface area contributed by atoms with E-state index in [-0.39, 0.29) is 48.5 Å². The minimum atomic E-state index is -4.56. The number of nitrogens with two attached hydrogens (primary N) is 1. The Morgan fingerprint density at radius 2 is 1.88 bits per heavy atom. The summed E-state index contributed by atoms with van der Waals surface area (Å²) in [7, 11) is 0. The Morgan fingerprint density at radius 1 is 1.28 bits per heavy atom. The molecule has 3 N–H and O–H groups in total. The van der Waals surface area contributed by atoms with E-state index in [1.54, 1.807) is 20.8 Å². The molecule has 142 valence electrons. The van der Waals surface area contributed by atoms with Crippen molar-refractivity contribution in [2.45, 2.75) is 39.0 Å². The molecule has 0 aliphatic heterocycles. The van der Waals surface area contributed by atoms with E-state index in [2.05, 4.69) is 10.3 Å². The fourth-order valence-corrected chi connectivity index (χ4v) is 2.33. The molecular formula is C15H21Cl2F3N4O. The van der Waals surface area contributed by atoms with Crippen molar-refractivity contribution in [3.8, 4) is 0 Å². The zero-order valence-corrected chi connectivity index (χ0v) is 15.6. The molecule has 0 fully saturated rings. The van der Waals surface area contributed by atoms with Crippen LogP contribution in [0.3, 0.4) is 0 Å². The first kappa shape index (κ1) is 23.5. The molecule has 25 heavy (non-hydrogen) atoms. The van der Waals surface area contributed by atoms with Crippen LogP contribution in [0.15, 0.2) is 18.2 Å². The van der Waals surface area contributed by atoms with Crippen molar-refractivity contribution in [1.82, 2.24) is 14.9 Å². The van der Waals surface area contributed by atoms with Gasteiger partial charge >= 0.3 is 6.18 Å². The Morgan fingerprint density at radius 3 is 2.36 bits per heavy atom. The lowest BCUT2D eigenvalue weighted by Crippen LogP contribution is -2.37. The van der Waals surface area contributed by atoms with E-state index in [1.165, 1.54) is 18.2 Å². The molecule has 0 saturated heterocycles. The van der Waals surface area contributed by atoms with Crippen LogP contribution in [0, 0.1) is 0 Å². The molecule has 1 heterocycles. The standard InChI is InChI=1S/C15H19F3N4O.2ClH/c1-8(2)22-12-5-4-10(13(23)20-9(3)7-19)6-11(12)21-14(22)15(16,17)18;;/h4-6,8-9H,7,19H2,1-3H3,(H,20,23);2*1H/t9-;;/m0../s1. The van der Waals surface area contributed by atoms with Gasteiger partial charge in [0.25, 0.3) is 5.91 Å². The third-order valence-corrected chi connectivity index (χ3v) is 3.45. The summed E-state index contributed by atoms with van der Waals surface area (Å²) in [6, 6.07) is 3.70. The van der Waals surface area contributed by atoms with Gasteiger partial charge in [0, 0.05) is 24.2 Å². The van der Waals surface area contributed by atoms with Crippen LogP contribution in [0.1, 0.15) is 43.0 Å². The van der Waals surface area contributed by atoms with Gasteiger partial charge in [0.15, 0.2) is 0 Å². The minimum Gasteiger partial charge on any atom is -0.348 e. The fourth-order valence-electron chi connectivity index (χ4n) is 2.33. The number of nitrogens with one attached hydrogen (secondary N) is 1. The monoisotopic (exact) mass is 400 g/mol. The van der Waals surface area contributed by atoms with Crippen LogP contribution < -0.4 is 11.1 Å². The van der Waals surface area contributed by atoms with Crippen molar-refractivity contribution in [3.05, 3.63) is 29.6 Å². The molecule has 10 heteroatoms. The highest BCUT2D eigenvalue weighted by molar-refractivity contribution is 5.97. The molecule has 0 aliphatic rings. The van der Waals surface area contributed by atoms with Crippen LogP contribution in [-0.2, 0) is 6.18 Å². The summed E-state index contributed by atoms with van der Waals surface area (Å²) in [5, 5.41) is 2.66. The Hall–Kier alpha value is -1.51. The second-order valence-electron chi connectivity index (χ2n) is 5.71. The zero-order chi connectivity index (χ0) is 17.4. The van der Waals surface area contributed by atoms with Gasteiger partial charge in [-0.25, -0.2) is 4.98 Å². The maximum atomic E-state index is 13.1. The number of carbonyl (C=O) groups excluding carboxylic acids is 1. The maximum absolute atomic E-state index is 13.1. The average molecular weight is 401 g/mol. The topological polar surface area (TPSA) is 72.9 Å². The van der Waals surface area contributed by atoms with E-state index in [0.717, 1.165) is 4.57 Å². The summed E-state index contributed by atoms with van der Waals surface area (Å²) in [4.78, 5) is 15.7. The summed E-state index contributed by atoms with van der Waals surface area (Å²) in [6.07, 6.45) is -4.56. The second kappa shape index (κ2) is 8.73. The quantitative estimate of drug-likeness (QED) is 0.823. The lowest BCUT2D eigenvalue weighted by molar-refractivity contribution is -0.147. The van der Waals surface area contributed by atoms with Gasteiger partial charge in [-0.3, -0.25) is 4.79 Å². The third kappa shape index (κ3) is 4.99. The molecular weight excluding hydrogens is 380 g/mol. The molecule has 1 aromatic carbocycles. The number of alkyl halides is 3. The van der Waals surface area contributed by atoms with Crippen LogP contribution >= 0.6 is 24.8 Å². The first-order chi connectivity index (χ1) is 10.6. The summed E-state index contributed by atoms with van der Waals surface area (Å²) < 4.78 is 40.6. The summed E-state index contributed by atoms with van der Waals surface area (Å²) in [6.45, 7) is 5.32. The van der Waals surface area contributed by atoms with Gasteiger partial charge in [-0.15, -0.1) is 24.8 Å². The van der Waals surface area contributed by atoms with Crippen molar-refractivity contribution in [2.24, 2.45) is 5.73 Å². The van der Waals surface area contributed by atoms with Crippen LogP contribution in [0.25, 0.3) is 11.0 Å². The van der Waals surface area contributed by atoms with Crippen molar-refractivity contribution in [3.63, 3.8) is 0 Å². The molecule has 0 bridgehead atoms. The molecule has 0 spiro atoms. The van der Waals surface area contributed by atoms with E-state index in [1.807, 2.05) is 0 Å². The van der Waals surface area contributed by atoms with Crippen LogP contribution in [0.2, 0.25) is 0 Å². The molecule has 0 aliphatic carbocycles. The molecule has 0 unspecified atom stereocenters. The molecule has 2 rings (SSSR count). The number of nitrogens with zero attached hydrogens (tertiary/aromatic N) is 2. The van der Waals surface area contributed by atoms with Gasteiger partial charge in [-0.05, 0) is 39.0 Å². The molecule has 1 amide bonds.